The molecule has 104 valence electrons. The molecule has 2 aromatic rings. The van der Waals surface area contributed by atoms with Gasteiger partial charge in [0.15, 0.2) is 6.23 Å². The lowest BCUT2D eigenvalue weighted by molar-refractivity contribution is -0.0295. The molecule has 0 saturated heterocycles. The Kier molecular flexibility index (Phi) is 3.11. The molecule has 0 saturated carbocycles. The fourth-order valence-electron chi connectivity index (χ4n) is 1.99. The van der Waals surface area contributed by atoms with Gasteiger partial charge in [-0.05, 0) is 6.07 Å². The summed E-state index contributed by atoms with van der Waals surface area (Å²) in [7, 11) is 0. The molecule has 0 spiro atoms. The van der Waals surface area contributed by atoms with Gasteiger partial charge in [0.05, 0.1) is 12.8 Å². The van der Waals surface area contributed by atoms with Crippen LogP contribution in [-0.2, 0) is 11.3 Å². The maximum absolute atomic E-state index is 13.3. The summed E-state index contributed by atoms with van der Waals surface area (Å²) in [6.07, 6.45) is 0.0202. The average molecular weight is 278 g/mol. The standard InChI is InChI=1S/C13H11FN2O4/c14-9-5-16(13(18)15-12(9)17)11-7-19-10-4-2-1-3-8(10)6-20-11/h1-5,11H,6-7H2,(H,15,17,18)/t11-/m0/s1. The molecular weight excluding hydrogens is 267 g/mol. The van der Waals surface area contributed by atoms with Crippen LogP contribution in [0.15, 0.2) is 40.1 Å². The molecule has 20 heavy (non-hydrogen) atoms. The van der Waals surface area contributed by atoms with Crippen molar-refractivity contribution < 1.29 is 13.9 Å². The number of benzene rings is 1. The number of nitrogens with zero attached hydrogens (tertiary/aromatic N) is 1. The van der Waals surface area contributed by atoms with Gasteiger partial charge in [-0.25, -0.2) is 4.79 Å². The van der Waals surface area contributed by atoms with Crippen LogP contribution in [-0.4, -0.2) is 16.2 Å². The number of para-hydroxylation sites is 1. The van der Waals surface area contributed by atoms with E-state index in [2.05, 4.69) is 0 Å². The Hall–Kier alpha value is -2.41. The maximum atomic E-state index is 13.3. The van der Waals surface area contributed by atoms with E-state index >= 15 is 0 Å². The highest BCUT2D eigenvalue weighted by Gasteiger charge is 2.20. The van der Waals surface area contributed by atoms with Crippen molar-refractivity contribution in [1.82, 2.24) is 9.55 Å². The minimum atomic E-state index is -1.05. The summed E-state index contributed by atoms with van der Waals surface area (Å²) in [5, 5.41) is 0. The third kappa shape index (κ3) is 2.23. The molecule has 7 heteroatoms. The number of H-pyrrole nitrogens is 1. The summed E-state index contributed by atoms with van der Waals surface area (Å²) in [6.45, 7) is 0.274. The third-order valence-electron chi connectivity index (χ3n) is 3.02. The van der Waals surface area contributed by atoms with Gasteiger partial charge in [0.25, 0.3) is 5.56 Å². The number of aromatic amines is 1. The largest absolute Gasteiger partial charge is 0.488 e. The van der Waals surface area contributed by atoms with Gasteiger partial charge < -0.3 is 9.47 Å². The van der Waals surface area contributed by atoms with Crippen LogP contribution in [0.2, 0.25) is 0 Å². The Morgan fingerprint density at radius 1 is 1.30 bits per heavy atom. The predicted octanol–water partition coefficient (Wildman–Crippen LogP) is 0.783. The van der Waals surface area contributed by atoms with E-state index in [1.54, 1.807) is 6.07 Å². The van der Waals surface area contributed by atoms with Crippen molar-refractivity contribution in [2.75, 3.05) is 6.61 Å². The van der Waals surface area contributed by atoms with Crippen molar-refractivity contribution in [3.05, 3.63) is 62.7 Å². The molecule has 0 bridgehead atoms. The first-order valence-electron chi connectivity index (χ1n) is 5.98. The monoisotopic (exact) mass is 278 g/mol. The zero-order chi connectivity index (χ0) is 14.1. The molecule has 0 radical (unpaired) electrons. The molecule has 1 aromatic heterocycles. The Bertz CT molecular complexity index is 726. The summed E-state index contributed by atoms with van der Waals surface area (Å²) in [6, 6.07) is 7.30. The maximum Gasteiger partial charge on any atom is 0.330 e. The van der Waals surface area contributed by atoms with Crippen molar-refractivity contribution in [1.29, 1.82) is 0 Å². The van der Waals surface area contributed by atoms with E-state index in [4.69, 9.17) is 9.47 Å². The molecule has 6 nitrogen and oxygen atoms in total. The molecule has 1 atom stereocenters. The highest BCUT2D eigenvalue weighted by Crippen LogP contribution is 2.25. The lowest BCUT2D eigenvalue weighted by Gasteiger charge is -2.16. The predicted molar refractivity (Wildman–Crippen MR) is 67.0 cm³/mol. The third-order valence-corrected chi connectivity index (χ3v) is 3.02. The first kappa shape index (κ1) is 12.6. The summed E-state index contributed by atoms with van der Waals surface area (Å²) in [5.74, 6) is -0.386. The van der Waals surface area contributed by atoms with Crippen LogP contribution in [0.25, 0.3) is 0 Å². The Morgan fingerprint density at radius 3 is 2.95 bits per heavy atom. The van der Waals surface area contributed by atoms with Gasteiger partial charge >= 0.3 is 5.69 Å². The van der Waals surface area contributed by atoms with E-state index in [9.17, 15) is 14.0 Å². The molecule has 1 N–H and O–H groups in total. The fourth-order valence-corrected chi connectivity index (χ4v) is 1.99. The van der Waals surface area contributed by atoms with Crippen molar-refractivity contribution in [2.45, 2.75) is 12.8 Å². The van der Waals surface area contributed by atoms with Crippen LogP contribution in [0.5, 0.6) is 5.75 Å². The molecule has 0 unspecified atom stereocenters. The number of halogens is 1. The van der Waals surface area contributed by atoms with Crippen LogP contribution in [0.4, 0.5) is 4.39 Å². The van der Waals surface area contributed by atoms with Crippen molar-refractivity contribution in [3.63, 3.8) is 0 Å². The number of rotatable bonds is 1. The number of aromatic nitrogens is 2. The summed E-state index contributed by atoms with van der Waals surface area (Å²) in [4.78, 5) is 24.6. The molecule has 2 heterocycles. The SMILES string of the molecule is O=c1[nH]c(=O)n([C@@H]2COc3ccccc3CO2)cc1F. The summed E-state index contributed by atoms with van der Waals surface area (Å²) in [5.41, 5.74) is -0.951. The van der Waals surface area contributed by atoms with Crippen LogP contribution in [0.1, 0.15) is 11.8 Å². The topological polar surface area (TPSA) is 73.3 Å². The molecule has 1 aliphatic heterocycles. The van der Waals surface area contributed by atoms with Gasteiger partial charge in [0, 0.05) is 5.56 Å². The minimum absolute atomic E-state index is 0.0441. The van der Waals surface area contributed by atoms with Gasteiger partial charge in [0.2, 0.25) is 5.82 Å². The molecule has 0 amide bonds. The molecule has 0 fully saturated rings. The van der Waals surface area contributed by atoms with Gasteiger partial charge in [-0.3, -0.25) is 14.3 Å². The van der Waals surface area contributed by atoms with Gasteiger partial charge in [-0.1, -0.05) is 18.2 Å². The van der Waals surface area contributed by atoms with Crippen LogP contribution < -0.4 is 16.0 Å². The zero-order valence-corrected chi connectivity index (χ0v) is 10.3. The lowest BCUT2D eigenvalue weighted by atomic mass is 10.2. The quantitative estimate of drug-likeness (QED) is 0.836. The van der Waals surface area contributed by atoms with Crippen molar-refractivity contribution >= 4 is 0 Å². The van der Waals surface area contributed by atoms with Crippen molar-refractivity contribution in [2.24, 2.45) is 0 Å². The number of ether oxygens (including phenoxy) is 2. The van der Waals surface area contributed by atoms with Gasteiger partial charge in [0.1, 0.15) is 12.4 Å². The molecule has 1 aliphatic rings. The molecule has 0 aliphatic carbocycles. The first-order chi connectivity index (χ1) is 9.65. The Balaban J connectivity index is 1.93. The second-order valence-corrected chi connectivity index (χ2v) is 4.33. The van der Waals surface area contributed by atoms with E-state index < -0.39 is 23.3 Å². The second kappa shape index (κ2) is 4.93. The first-order valence-corrected chi connectivity index (χ1v) is 5.98. The summed E-state index contributed by atoms with van der Waals surface area (Å²) >= 11 is 0. The normalized spacial score (nSPS) is 17.9. The van der Waals surface area contributed by atoms with Crippen molar-refractivity contribution in [3.8, 4) is 5.75 Å². The highest BCUT2D eigenvalue weighted by molar-refractivity contribution is 5.33. The van der Waals surface area contributed by atoms with Gasteiger partial charge in [-0.15, -0.1) is 0 Å². The van der Waals surface area contributed by atoms with E-state index in [0.717, 1.165) is 16.3 Å². The van der Waals surface area contributed by atoms with E-state index in [-0.39, 0.29) is 13.2 Å². The minimum Gasteiger partial charge on any atom is -0.488 e. The number of fused-ring (bicyclic) bond motifs is 1. The Labute approximate surface area is 112 Å². The lowest BCUT2D eigenvalue weighted by Crippen LogP contribution is -2.36. The van der Waals surface area contributed by atoms with E-state index in [0.29, 0.717) is 5.75 Å². The zero-order valence-electron chi connectivity index (χ0n) is 10.3. The molecular formula is C13H11FN2O4. The number of hydrogen-bond donors (Lipinski definition) is 1. The van der Waals surface area contributed by atoms with Crippen LogP contribution in [0, 0.1) is 5.82 Å². The highest BCUT2D eigenvalue weighted by atomic mass is 19.1. The van der Waals surface area contributed by atoms with E-state index in [1.807, 2.05) is 23.2 Å². The number of hydrogen-bond acceptors (Lipinski definition) is 4. The fraction of sp³-hybridized carbons (Fsp3) is 0.231. The smallest absolute Gasteiger partial charge is 0.330 e. The van der Waals surface area contributed by atoms with Crippen LogP contribution >= 0.6 is 0 Å². The van der Waals surface area contributed by atoms with E-state index in [1.165, 1.54) is 0 Å². The molecule has 3 rings (SSSR count). The van der Waals surface area contributed by atoms with Crippen LogP contribution in [0.3, 0.4) is 0 Å². The second-order valence-electron chi connectivity index (χ2n) is 4.33. The number of nitrogens with one attached hydrogen (secondary N) is 1. The summed E-state index contributed by atoms with van der Waals surface area (Å²) < 4.78 is 25.3. The molecule has 1 aromatic carbocycles. The Morgan fingerprint density at radius 2 is 2.10 bits per heavy atom. The average Bonchev–Trinajstić information content (AvgIpc) is 2.65. The van der Waals surface area contributed by atoms with Gasteiger partial charge in [-0.2, -0.15) is 4.39 Å².